The van der Waals surface area contributed by atoms with E-state index in [0.29, 0.717) is 12.2 Å². The summed E-state index contributed by atoms with van der Waals surface area (Å²) >= 11 is 0. The molecular formula is C14H19N5O4. The number of urea groups is 1. The number of anilines is 1. The molecular weight excluding hydrogens is 302 g/mol. The maximum absolute atomic E-state index is 12.1. The van der Waals surface area contributed by atoms with Crippen molar-refractivity contribution in [3.05, 3.63) is 12.4 Å². The highest BCUT2D eigenvalue weighted by Gasteiger charge is 2.29. The van der Waals surface area contributed by atoms with Gasteiger partial charge in [-0.1, -0.05) is 0 Å². The molecule has 2 unspecified atom stereocenters. The second-order valence-electron chi connectivity index (χ2n) is 5.71. The summed E-state index contributed by atoms with van der Waals surface area (Å²) in [5.74, 6) is -0.916. The third kappa shape index (κ3) is 4.07. The first-order valence-corrected chi connectivity index (χ1v) is 7.65. The van der Waals surface area contributed by atoms with Crippen LogP contribution < -0.4 is 16.0 Å². The lowest BCUT2D eigenvalue weighted by Gasteiger charge is -2.22. The summed E-state index contributed by atoms with van der Waals surface area (Å²) in [5, 5.41) is 11.3. The van der Waals surface area contributed by atoms with Crippen molar-refractivity contribution in [2.45, 2.75) is 44.4 Å². The molecule has 2 aliphatic rings. The second kappa shape index (κ2) is 6.78. The van der Waals surface area contributed by atoms with Crippen molar-refractivity contribution in [2.75, 3.05) is 11.9 Å². The summed E-state index contributed by atoms with van der Waals surface area (Å²) < 4.78 is 7.37. The molecule has 4 amide bonds. The molecule has 9 heteroatoms. The number of nitrogens with one attached hydrogen (secondary N) is 3. The van der Waals surface area contributed by atoms with Gasteiger partial charge in [0.2, 0.25) is 11.8 Å². The van der Waals surface area contributed by atoms with Crippen LogP contribution in [-0.2, 0) is 20.9 Å². The molecule has 3 heterocycles. The normalized spacial score (nSPS) is 24.7. The van der Waals surface area contributed by atoms with E-state index in [-0.39, 0.29) is 12.5 Å². The Morgan fingerprint density at radius 3 is 3.04 bits per heavy atom. The quantitative estimate of drug-likeness (QED) is 0.721. The summed E-state index contributed by atoms with van der Waals surface area (Å²) in [6.45, 7) is 1.41. The Kier molecular flexibility index (Phi) is 4.56. The van der Waals surface area contributed by atoms with E-state index < -0.39 is 23.9 Å². The van der Waals surface area contributed by atoms with Gasteiger partial charge in [-0.05, 0) is 19.3 Å². The van der Waals surface area contributed by atoms with E-state index in [0.717, 1.165) is 25.9 Å². The van der Waals surface area contributed by atoms with E-state index in [4.69, 9.17) is 4.74 Å². The topological polar surface area (TPSA) is 114 Å². The fourth-order valence-electron chi connectivity index (χ4n) is 2.68. The molecule has 3 N–H and O–H groups in total. The number of amides is 4. The van der Waals surface area contributed by atoms with Gasteiger partial charge >= 0.3 is 6.03 Å². The van der Waals surface area contributed by atoms with Crippen LogP contribution in [0.3, 0.4) is 0 Å². The predicted molar refractivity (Wildman–Crippen MR) is 79.5 cm³/mol. The number of nitrogens with zero attached hydrogens (tertiary/aromatic N) is 2. The summed E-state index contributed by atoms with van der Waals surface area (Å²) in [6.07, 6.45) is 6.56. The molecule has 2 atom stereocenters. The van der Waals surface area contributed by atoms with E-state index in [9.17, 15) is 14.4 Å². The maximum atomic E-state index is 12.1. The molecule has 3 rings (SSSR count). The average molecular weight is 321 g/mol. The Morgan fingerprint density at radius 2 is 2.30 bits per heavy atom. The van der Waals surface area contributed by atoms with Crippen molar-refractivity contribution in [3.8, 4) is 0 Å². The van der Waals surface area contributed by atoms with Crippen molar-refractivity contribution in [2.24, 2.45) is 0 Å². The van der Waals surface area contributed by atoms with E-state index >= 15 is 0 Å². The molecule has 0 bridgehead atoms. The lowest BCUT2D eigenvalue weighted by molar-refractivity contribution is -0.126. The summed E-state index contributed by atoms with van der Waals surface area (Å²) in [5.41, 5.74) is 0.519. The Bertz CT molecular complexity index is 592. The summed E-state index contributed by atoms with van der Waals surface area (Å²) in [4.78, 5) is 34.6. The van der Waals surface area contributed by atoms with Crippen molar-refractivity contribution in [1.82, 2.24) is 20.4 Å². The molecule has 2 aliphatic heterocycles. The SMILES string of the molecule is O=C1CC(C(=O)Nc2cnn(CC3CCCCO3)c2)NC(=O)N1. The third-order valence-corrected chi connectivity index (χ3v) is 3.83. The molecule has 0 saturated carbocycles. The van der Waals surface area contributed by atoms with Gasteiger partial charge in [0.05, 0.1) is 31.0 Å². The van der Waals surface area contributed by atoms with Crippen molar-refractivity contribution in [1.29, 1.82) is 0 Å². The Labute approximate surface area is 132 Å². The second-order valence-corrected chi connectivity index (χ2v) is 5.71. The molecule has 0 aliphatic carbocycles. The van der Waals surface area contributed by atoms with Crippen LogP contribution in [0.5, 0.6) is 0 Å². The minimum atomic E-state index is -0.874. The largest absolute Gasteiger partial charge is 0.376 e. The minimum absolute atomic E-state index is 0.0817. The number of ether oxygens (including phenoxy) is 1. The molecule has 1 aromatic heterocycles. The van der Waals surface area contributed by atoms with Crippen LogP contribution >= 0.6 is 0 Å². The highest BCUT2D eigenvalue weighted by atomic mass is 16.5. The van der Waals surface area contributed by atoms with Gasteiger partial charge in [0.15, 0.2) is 0 Å². The van der Waals surface area contributed by atoms with Gasteiger partial charge in [0.25, 0.3) is 0 Å². The molecule has 0 aromatic carbocycles. The predicted octanol–water partition coefficient (Wildman–Crippen LogP) is -0.0112. The number of carbonyl (C=O) groups is 3. The number of hydrogen-bond donors (Lipinski definition) is 3. The van der Waals surface area contributed by atoms with Gasteiger partial charge < -0.3 is 15.4 Å². The maximum Gasteiger partial charge on any atom is 0.322 e. The molecule has 2 fully saturated rings. The summed E-state index contributed by atoms with van der Waals surface area (Å²) in [7, 11) is 0. The fourth-order valence-corrected chi connectivity index (χ4v) is 2.68. The fraction of sp³-hybridized carbons (Fsp3) is 0.571. The van der Waals surface area contributed by atoms with Crippen molar-refractivity contribution >= 4 is 23.5 Å². The van der Waals surface area contributed by atoms with E-state index in [1.807, 2.05) is 0 Å². The van der Waals surface area contributed by atoms with E-state index in [1.54, 1.807) is 10.9 Å². The zero-order valence-corrected chi connectivity index (χ0v) is 12.6. The highest BCUT2D eigenvalue weighted by Crippen LogP contribution is 2.15. The first-order chi connectivity index (χ1) is 11.1. The molecule has 1 aromatic rings. The van der Waals surface area contributed by atoms with E-state index in [2.05, 4.69) is 21.0 Å². The first-order valence-electron chi connectivity index (χ1n) is 7.65. The van der Waals surface area contributed by atoms with Crippen LogP contribution in [0, 0.1) is 0 Å². The van der Waals surface area contributed by atoms with Crippen LogP contribution in [0.25, 0.3) is 0 Å². The molecule has 0 spiro atoms. The zero-order chi connectivity index (χ0) is 16.2. The summed E-state index contributed by atoms with van der Waals surface area (Å²) in [6, 6.07) is -1.53. The lowest BCUT2D eigenvalue weighted by atomic mass is 10.1. The molecule has 9 nitrogen and oxygen atoms in total. The van der Waals surface area contributed by atoms with Gasteiger partial charge in [0, 0.05) is 12.8 Å². The molecule has 124 valence electrons. The van der Waals surface area contributed by atoms with Crippen LogP contribution in [0.1, 0.15) is 25.7 Å². The minimum Gasteiger partial charge on any atom is -0.376 e. The number of rotatable bonds is 4. The van der Waals surface area contributed by atoms with Crippen LogP contribution in [0.4, 0.5) is 10.5 Å². The third-order valence-electron chi connectivity index (χ3n) is 3.83. The number of aromatic nitrogens is 2. The number of carbonyl (C=O) groups excluding carboxylic acids is 3. The van der Waals surface area contributed by atoms with Crippen LogP contribution in [-0.4, -0.2) is 46.4 Å². The first kappa shape index (κ1) is 15.5. The van der Waals surface area contributed by atoms with Crippen molar-refractivity contribution in [3.63, 3.8) is 0 Å². The smallest absolute Gasteiger partial charge is 0.322 e. The molecule has 0 radical (unpaired) electrons. The molecule has 23 heavy (non-hydrogen) atoms. The zero-order valence-electron chi connectivity index (χ0n) is 12.6. The number of hydrogen-bond acceptors (Lipinski definition) is 5. The van der Waals surface area contributed by atoms with Crippen LogP contribution in [0.15, 0.2) is 12.4 Å². The van der Waals surface area contributed by atoms with Gasteiger partial charge in [-0.15, -0.1) is 0 Å². The Balaban J connectivity index is 1.54. The van der Waals surface area contributed by atoms with Crippen LogP contribution in [0.2, 0.25) is 0 Å². The Hall–Kier alpha value is -2.42. The van der Waals surface area contributed by atoms with Gasteiger partial charge in [0.1, 0.15) is 6.04 Å². The van der Waals surface area contributed by atoms with E-state index in [1.165, 1.54) is 6.20 Å². The lowest BCUT2D eigenvalue weighted by Crippen LogP contribution is -2.56. The number of imide groups is 1. The van der Waals surface area contributed by atoms with Crippen molar-refractivity contribution < 1.29 is 19.1 Å². The monoisotopic (exact) mass is 321 g/mol. The molecule has 2 saturated heterocycles. The highest BCUT2D eigenvalue weighted by molar-refractivity contribution is 6.05. The Morgan fingerprint density at radius 1 is 1.43 bits per heavy atom. The van der Waals surface area contributed by atoms with Gasteiger partial charge in [-0.2, -0.15) is 5.10 Å². The average Bonchev–Trinajstić information content (AvgIpc) is 2.94. The van der Waals surface area contributed by atoms with Gasteiger partial charge in [-0.25, -0.2) is 4.79 Å². The standard InChI is InChI=1S/C14H19N5O4/c20-12-5-11(17-14(22)18-12)13(21)16-9-6-15-19(7-9)8-10-3-1-2-4-23-10/h6-7,10-11H,1-5,8H2,(H,16,21)(H2,17,18,20,22). The van der Waals surface area contributed by atoms with Gasteiger partial charge in [-0.3, -0.25) is 19.6 Å².